The maximum atomic E-state index is 13.4. The van der Waals surface area contributed by atoms with Crippen LogP contribution in [0.15, 0.2) is 55.0 Å². The lowest BCUT2D eigenvalue weighted by Crippen LogP contribution is -1.96. The quantitative estimate of drug-likeness (QED) is 0.776. The first-order valence-corrected chi connectivity index (χ1v) is 6.97. The van der Waals surface area contributed by atoms with Crippen LogP contribution >= 0.6 is 0 Å². The minimum absolute atomic E-state index is 0.238. The molecule has 4 heteroatoms. The van der Waals surface area contributed by atoms with E-state index in [2.05, 4.69) is 28.5 Å². The van der Waals surface area contributed by atoms with Gasteiger partial charge in [0.2, 0.25) is 0 Å². The smallest absolute Gasteiger partial charge is 0.123 e. The van der Waals surface area contributed by atoms with Crippen molar-refractivity contribution in [3.05, 3.63) is 66.4 Å². The molecule has 0 spiro atoms. The van der Waals surface area contributed by atoms with E-state index in [4.69, 9.17) is 0 Å². The first-order chi connectivity index (χ1) is 10.3. The third kappa shape index (κ3) is 2.09. The van der Waals surface area contributed by atoms with Crippen LogP contribution in [0.2, 0.25) is 0 Å². The van der Waals surface area contributed by atoms with E-state index in [1.54, 1.807) is 18.6 Å². The van der Waals surface area contributed by atoms with Gasteiger partial charge in [0.05, 0.1) is 18.2 Å². The zero-order valence-corrected chi connectivity index (χ0v) is 11.4. The highest BCUT2D eigenvalue weighted by Crippen LogP contribution is 2.28. The molecule has 0 amide bonds. The van der Waals surface area contributed by atoms with Crippen molar-refractivity contribution in [1.29, 1.82) is 0 Å². The van der Waals surface area contributed by atoms with Gasteiger partial charge in [-0.3, -0.25) is 4.57 Å². The van der Waals surface area contributed by atoms with E-state index in [9.17, 15) is 4.39 Å². The van der Waals surface area contributed by atoms with E-state index in [0.717, 1.165) is 29.9 Å². The minimum atomic E-state index is -0.238. The lowest BCUT2D eigenvalue weighted by molar-refractivity contribution is 0.628. The first kappa shape index (κ1) is 12.1. The minimum Gasteiger partial charge on any atom is -0.384 e. The summed E-state index contributed by atoms with van der Waals surface area (Å²) in [4.78, 5) is 4.22. The number of aromatic nitrogens is 2. The number of imidazole rings is 1. The summed E-state index contributed by atoms with van der Waals surface area (Å²) in [5.41, 5.74) is 5.28. The van der Waals surface area contributed by atoms with Gasteiger partial charge in [-0.05, 0) is 42.3 Å². The molecule has 1 aliphatic heterocycles. The number of nitrogens with one attached hydrogen (secondary N) is 1. The number of rotatable bonds is 2. The van der Waals surface area contributed by atoms with Gasteiger partial charge in [-0.25, -0.2) is 9.37 Å². The summed E-state index contributed by atoms with van der Waals surface area (Å²) in [5, 5.41) is 3.35. The van der Waals surface area contributed by atoms with Crippen LogP contribution in [-0.2, 0) is 6.42 Å². The van der Waals surface area contributed by atoms with Crippen molar-refractivity contribution in [3.63, 3.8) is 0 Å². The van der Waals surface area contributed by atoms with E-state index in [1.165, 1.54) is 23.4 Å². The van der Waals surface area contributed by atoms with Crippen LogP contribution in [0.25, 0.3) is 16.9 Å². The molecule has 0 saturated heterocycles. The predicted molar refractivity (Wildman–Crippen MR) is 81.2 cm³/mol. The topological polar surface area (TPSA) is 29.9 Å². The highest BCUT2D eigenvalue weighted by Gasteiger charge is 2.13. The van der Waals surface area contributed by atoms with Crippen molar-refractivity contribution < 1.29 is 4.39 Å². The average molecular weight is 279 g/mol. The molecule has 2 heterocycles. The highest BCUT2D eigenvalue weighted by molar-refractivity contribution is 5.64. The van der Waals surface area contributed by atoms with Gasteiger partial charge in [0, 0.05) is 23.5 Å². The Kier molecular flexibility index (Phi) is 2.74. The van der Waals surface area contributed by atoms with Gasteiger partial charge in [0.25, 0.3) is 0 Å². The summed E-state index contributed by atoms with van der Waals surface area (Å²) in [6, 6.07) is 12.9. The first-order valence-electron chi connectivity index (χ1n) is 6.97. The Balaban J connectivity index is 1.82. The number of nitrogens with zero attached hydrogens (tertiary/aromatic N) is 2. The molecular formula is C17H14FN3. The highest BCUT2D eigenvalue weighted by atomic mass is 19.1. The summed E-state index contributed by atoms with van der Waals surface area (Å²) in [5.74, 6) is -0.238. The monoisotopic (exact) mass is 279 g/mol. The number of hydrogen-bond acceptors (Lipinski definition) is 2. The van der Waals surface area contributed by atoms with Crippen LogP contribution in [0.1, 0.15) is 5.56 Å². The number of anilines is 1. The zero-order valence-electron chi connectivity index (χ0n) is 11.4. The van der Waals surface area contributed by atoms with Crippen LogP contribution < -0.4 is 5.32 Å². The van der Waals surface area contributed by atoms with Gasteiger partial charge in [0.1, 0.15) is 5.82 Å². The molecule has 21 heavy (non-hydrogen) atoms. The van der Waals surface area contributed by atoms with E-state index >= 15 is 0 Å². The summed E-state index contributed by atoms with van der Waals surface area (Å²) >= 11 is 0. The van der Waals surface area contributed by atoms with Crippen molar-refractivity contribution in [2.75, 3.05) is 11.9 Å². The number of halogens is 1. The standard InChI is InChI=1S/C17H14FN3/c18-14-3-1-2-13(8-14)17-10-19-11-21(17)15-4-5-16-12(9-15)6-7-20-16/h1-5,8-11,20H,6-7H2. The van der Waals surface area contributed by atoms with Gasteiger partial charge in [-0.15, -0.1) is 0 Å². The number of fused-ring (bicyclic) bond motifs is 1. The molecule has 0 radical (unpaired) electrons. The predicted octanol–water partition coefficient (Wildman–Crippen LogP) is 3.65. The fourth-order valence-corrected chi connectivity index (χ4v) is 2.80. The van der Waals surface area contributed by atoms with Gasteiger partial charge in [-0.2, -0.15) is 0 Å². The third-order valence-corrected chi connectivity index (χ3v) is 3.84. The normalized spacial score (nSPS) is 13.0. The van der Waals surface area contributed by atoms with E-state index in [0.29, 0.717) is 0 Å². The van der Waals surface area contributed by atoms with E-state index < -0.39 is 0 Å². The SMILES string of the molecule is Fc1cccc(-c2cncn2-c2ccc3c(c2)CCN3)c1. The molecule has 3 nitrogen and oxygen atoms in total. The zero-order chi connectivity index (χ0) is 14.2. The molecule has 0 fully saturated rings. The number of benzene rings is 2. The van der Waals surface area contributed by atoms with Crippen LogP contribution in [0.5, 0.6) is 0 Å². The maximum absolute atomic E-state index is 13.4. The second-order valence-corrected chi connectivity index (χ2v) is 5.18. The molecule has 0 bridgehead atoms. The second-order valence-electron chi connectivity index (χ2n) is 5.18. The van der Waals surface area contributed by atoms with Gasteiger partial charge >= 0.3 is 0 Å². The Morgan fingerprint density at radius 3 is 3.00 bits per heavy atom. The average Bonchev–Trinajstić information content (AvgIpc) is 3.15. The number of hydrogen-bond donors (Lipinski definition) is 1. The van der Waals surface area contributed by atoms with Gasteiger partial charge < -0.3 is 5.32 Å². The Hall–Kier alpha value is -2.62. The molecule has 1 N–H and O–H groups in total. The lowest BCUT2D eigenvalue weighted by Gasteiger charge is -2.10. The van der Waals surface area contributed by atoms with Crippen LogP contribution in [0.4, 0.5) is 10.1 Å². The molecule has 1 aliphatic rings. The summed E-state index contributed by atoms with van der Waals surface area (Å²) < 4.78 is 15.4. The fourth-order valence-electron chi connectivity index (χ4n) is 2.80. The molecule has 0 atom stereocenters. The molecule has 3 aromatic rings. The molecule has 104 valence electrons. The largest absolute Gasteiger partial charge is 0.384 e. The molecule has 0 saturated carbocycles. The van der Waals surface area contributed by atoms with Crippen molar-refractivity contribution in [3.8, 4) is 16.9 Å². The summed E-state index contributed by atoms with van der Waals surface area (Å²) in [7, 11) is 0. The van der Waals surface area contributed by atoms with E-state index in [-0.39, 0.29) is 5.82 Å². The van der Waals surface area contributed by atoms with Crippen molar-refractivity contribution in [1.82, 2.24) is 9.55 Å². The Bertz CT molecular complexity index is 807. The Labute approximate surface area is 122 Å². The van der Waals surface area contributed by atoms with Gasteiger partial charge in [-0.1, -0.05) is 12.1 Å². The van der Waals surface area contributed by atoms with Crippen LogP contribution in [0, 0.1) is 5.82 Å². The molecule has 0 aliphatic carbocycles. The molecule has 1 aromatic heterocycles. The molecule has 2 aromatic carbocycles. The van der Waals surface area contributed by atoms with Crippen LogP contribution in [-0.4, -0.2) is 16.1 Å². The Morgan fingerprint density at radius 2 is 2.10 bits per heavy atom. The molecule has 0 unspecified atom stereocenters. The summed E-state index contributed by atoms with van der Waals surface area (Å²) in [6.07, 6.45) is 4.57. The lowest BCUT2D eigenvalue weighted by atomic mass is 10.1. The second kappa shape index (κ2) is 4.74. The fraction of sp³-hybridized carbons (Fsp3) is 0.118. The van der Waals surface area contributed by atoms with E-state index in [1.807, 2.05) is 10.6 Å². The maximum Gasteiger partial charge on any atom is 0.123 e. The van der Waals surface area contributed by atoms with Crippen molar-refractivity contribution in [2.45, 2.75) is 6.42 Å². The summed E-state index contributed by atoms with van der Waals surface area (Å²) in [6.45, 7) is 0.986. The van der Waals surface area contributed by atoms with Crippen molar-refractivity contribution >= 4 is 5.69 Å². The molecule has 4 rings (SSSR count). The molecular weight excluding hydrogens is 265 g/mol. The van der Waals surface area contributed by atoms with Gasteiger partial charge in [0.15, 0.2) is 0 Å². The van der Waals surface area contributed by atoms with Crippen LogP contribution in [0.3, 0.4) is 0 Å². The third-order valence-electron chi connectivity index (χ3n) is 3.84. The Morgan fingerprint density at radius 1 is 1.14 bits per heavy atom. The van der Waals surface area contributed by atoms with Crippen molar-refractivity contribution in [2.24, 2.45) is 0 Å².